The van der Waals surface area contributed by atoms with E-state index in [9.17, 15) is 0 Å². The van der Waals surface area contributed by atoms with E-state index < -0.39 is 0 Å². The third kappa shape index (κ3) is 3.49. The molecule has 23 heavy (non-hydrogen) atoms. The molecule has 1 aliphatic rings. The van der Waals surface area contributed by atoms with Crippen LogP contribution in [0.25, 0.3) is 0 Å². The standard InChI is InChI=1S/C17H18ClN3OS/c1-21-16(23)10-20-17(21)11-2-5-13(6-3-11)22-14-7-4-12(9-19)15(18)8-14/h4,7-8,10-11,13,23H,2-3,5-6H2,1H3. The van der Waals surface area contributed by atoms with Crippen molar-refractivity contribution in [1.29, 1.82) is 5.26 Å². The van der Waals surface area contributed by atoms with Crippen molar-refractivity contribution in [2.24, 2.45) is 7.05 Å². The lowest BCUT2D eigenvalue weighted by atomic mass is 9.86. The van der Waals surface area contributed by atoms with Crippen molar-refractivity contribution in [3.8, 4) is 11.8 Å². The number of imidazole rings is 1. The molecule has 0 spiro atoms. The molecule has 6 heteroatoms. The highest BCUT2D eigenvalue weighted by molar-refractivity contribution is 7.80. The van der Waals surface area contributed by atoms with Gasteiger partial charge in [0.25, 0.3) is 0 Å². The molecular formula is C17H18ClN3OS. The second-order valence-electron chi connectivity index (χ2n) is 5.88. The summed E-state index contributed by atoms with van der Waals surface area (Å²) >= 11 is 10.4. The molecule has 3 rings (SSSR count). The van der Waals surface area contributed by atoms with Crippen molar-refractivity contribution < 1.29 is 4.74 Å². The van der Waals surface area contributed by atoms with Crippen LogP contribution in [0.4, 0.5) is 0 Å². The van der Waals surface area contributed by atoms with Crippen molar-refractivity contribution in [2.45, 2.75) is 42.7 Å². The van der Waals surface area contributed by atoms with E-state index in [2.05, 4.69) is 28.2 Å². The lowest BCUT2D eigenvalue weighted by molar-refractivity contribution is 0.144. The first kappa shape index (κ1) is 16.2. The molecule has 0 atom stereocenters. The zero-order chi connectivity index (χ0) is 16.4. The Hall–Kier alpha value is -1.64. The van der Waals surface area contributed by atoms with Gasteiger partial charge >= 0.3 is 0 Å². The quantitative estimate of drug-likeness (QED) is 0.840. The number of ether oxygens (including phenoxy) is 1. The molecule has 1 fully saturated rings. The Balaban J connectivity index is 1.60. The molecule has 1 saturated carbocycles. The molecule has 1 aliphatic carbocycles. The van der Waals surface area contributed by atoms with Crippen LogP contribution in [-0.2, 0) is 7.05 Å². The van der Waals surface area contributed by atoms with Crippen LogP contribution in [0.3, 0.4) is 0 Å². The Labute approximate surface area is 146 Å². The van der Waals surface area contributed by atoms with E-state index in [-0.39, 0.29) is 6.10 Å². The molecule has 0 bridgehead atoms. The summed E-state index contributed by atoms with van der Waals surface area (Å²) in [4.78, 5) is 4.48. The van der Waals surface area contributed by atoms with Crippen molar-refractivity contribution in [2.75, 3.05) is 0 Å². The lowest BCUT2D eigenvalue weighted by Gasteiger charge is -2.28. The van der Waals surface area contributed by atoms with Gasteiger partial charge in [-0.2, -0.15) is 5.26 Å². The average Bonchev–Trinajstić information content (AvgIpc) is 2.88. The van der Waals surface area contributed by atoms with Gasteiger partial charge in [0, 0.05) is 19.0 Å². The van der Waals surface area contributed by atoms with Gasteiger partial charge in [-0.25, -0.2) is 4.98 Å². The van der Waals surface area contributed by atoms with Crippen LogP contribution in [-0.4, -0.2) is 15.7 Å². The largest absolute Gasteiger partial charge is 0.490 e. The number of rotatable bonds is 3. The number of nitriles is 1. The van der Waals surface area contributed by atoms with Crippen LogP contribution in [0, 0.1) is 11.3 Å². The first-order valence-electron chi connectivity index (χ1n) is 7.65. The molecule has 0 unspecified atom stereocenters. The molecule has 2 aromatic rings. The zero-order valence-electron chi connectivity index (χ0n) is 12.9. The van der Waals surface area contributed by atoms with Crippen molar-refractivity contribution in [3.63, 3.8) is 0 Å². The van der Waals surface area contributed by atoms with Gasteiger partial charge < -0.3 is 9.30 Å². The maximum Gasteiger partial charge on any atom is 0.121 e. The van der Waals surface area contributed by atoms with Gasteiger partial charge in [-0.05, 0) is 37.8 Å². The molecule has 1 heterocycles. The smallest absolute Gasteiger partial charge is 0.121 e. The monoisotopic (exact) mass is 347 g/mol. The van der Waals surface area contributed by atoms with Crippen LogP contribution in [0.5, 0.6) is 5.75 Å². The van der Waals surface area contributed by atoms with Gasteiger partial charge in [-0.1, -0.05) is 11.6 Å². The molecule has 0 radical (unpaired) electrons. The van der Waals surface area contributed by atoms with Crippen LogP contribution in [0.2, 0.25) is 5.02 Å². The number of hydrogen-bond donors (Lipinski definition) is 1. The highest BCUT2D eigenvalue weighted by Gasteiger charge is 2.26. The topological polar surface area (TPSA) is 50.8 Å². The fourth-order valence-electron chi connectivity index (χ4n) is 3.08. The fourth-order valence-corrected chi connectivity index (χ4v) is 3.46. The van der Waals surface area contributed by atoms with Gasteiger partial charge in [0.1, 0.15) is 17.6 Å². The minimum atomic E-state index is 0.186. The molecule has 4 nitrogen and oxygen atoms in total. The molecule has 1 aromatic carbocycles. The van der Waals surface area contributed by atoms with E-state index in [4.69, 9.17) is 21.6 Å². The number of nitrogens with zero attached hydrogens (tertiary/aromatic N) is 3. The molecule has 0 aliphatic heterocycles. The highest BCUT2D eigenvalue weighted by Crippen LogP contribution is 2.35. The summed E-state index contributed by atoms with van der Waals surface area (Å²) in [5.41, 5.74) is 0.472. The van der Waals surface area contributed by atoms with Crippen molar-refractivity contribution in [1.82, 2.24) is 9.55 Å². The van der Waals surface area contributed by atoms with E-state index in [1.165, 1.54) is 0 Å². The summed E-state index contributed by atoms with van der Waals surface area (Å²) in [5, 5.41) is 10.2. The highest BCUT2D eigenvalue weighted by atomic mass is 35.5. The Kier molecular flexibility index (Phi) is 4.84. The maximum atomic E-state index is 8.90. The van der Waals surface area contributed by atoms with Gasteiger partial charge in [0.2, 0.25) is 0 Å². The van der Waals surface area contributed by atoms with E-state index in [1.54, 1.807) is 18.3 Å². The van der Waals surface area contributed by atoms with E-state index >= 15 is 0 Å². The summed E-state index contributed by atoms with van der Waals surface area (Å²) in [5.74, 6) is 2.30. The van der Waals surface area contributed by atoms with Crippen LogP contribution >= 0.6 is 24.2 Å². The molecule has 120 valence electrons. The summed E-state index contributed by atoms with van der Waals surface area (Å²) in [6, 6.07) is 7.28. The fraction of sp³-hybridized carbons (Fsp3) is 0.412. The summed E-state index contributed by atoms with van der Waals surface area (Å²) in [6.45, 7) is 0. The van der Waals surface area contributed by atoms with Crippen molar-refractivity contribution >= 4 is 24.2 Å². The van der Waals surface area contributed by atoms with E-state index in [0.29, 0.717) is 16.5 Å². The second-order valence-corrected chi connectivity index (χ2v) is 6.74. The maximum absolute atomic E-state index is 8.90. The van der Waals surface area contributed by atoms with Gasteiger partial charge in [-0.15, -0.1) is 12.6 Å². The molecule has 0 amide bonds. The SMILES string of the molecule is Cn1c(S)cnc1C1CCC(Oc2ccc(C#N)c(Cl)c2)CC1. The molecule has 0 N–H and O–H groups in total. The van der Waals surface area contributed by atoms with Gasteiger partial charge in [-0.3, -0.25) is 0 Å². The Morgan fingerprint density at radius 2 is 2.09 bits per heavy atom. The summed E-state index contributed by atoms with van der Waals surface area (Å²) < 4.78 is 8.07. The van der Waals surface area contributed by atoms with Gasteiger partial charge in [0.05, 0.1) is 27.9 Å². The van der Waals surface area contributed by atoms with Crippen LogP contribution < -0.4 is 4.74 Å². The summed E-state index contributed by atoms with van der Waals surface area (Å²) in [6.07, 6.45) is 6.05. The molecule has 0 saturated heterocycles. The number of halogens is 1. The van der Waals surface area contributed by atoms with Crippen LogP contribution in [0.1, 0.15) is 43.0 Å². The lowest BCUT2D eigenvalue weighted by Crippen LogP contribution is -2.24. The first-order valence-corrected chi connectivity index (χ1v) is 8.48. The van der Waals surface area contributed by atoms with E-state index in [0.717, 1.165) is 42.3 Å². The number of benzene rings is 1. The minimum absolute atomic E-state index is 0.186. The zero-order valence-corrected chi connectivity index (χ0v) is 14.5. The summed E-state index contributed by atoms with van der Waals surface area (Å²) in [7, 11) is 2.01. The van der Waals surface area contributed by atoms with Gasteiger partial charge in [0.15, 0.2) is 0 Å². The third-order valence-electron chi connectivity index (χ3n) is 4.40. The van der Waals surface area contributed by atoms with Crippen LogP contribution in [0.15, 0.2) is 29.4 Å². The van der Waals surface area contributed by atoms with E-state index in [1.807, 2.05) is 13.1 Å². The Morgan fingerprint density at radius 1 is 1.35 bits per heavy atom. The second kappa shape index (κ2) is 6.86. The number of thiol groups is 1. The third-order valence-corrected chi connectivity index (χ3v) is 5.13. The average molecular weight is 348 g/mol. The number of aromatic nitrogens is 2. The molecule has 1 aromatic heterocycles. The first-order chi connectivity index (χ1) is 11.1. The number of hydrogen-bond acceptors (Lipinski definition) is 4. The Morgan fingerprint density at radius 3 is 2.65 bits per heavy atom. The van der Waals surface area contributed by atoms with Crippen molar-refractivity contribution in [3.05, 3.63) is 40.8 Å². The minimum Gasteiger partial charge on any atom is -0.490 e. The predicted molar refractivity (Wildman–Crippen MR) is 92.3 cm³/mol. The Bertz CT molecular complexity index is 745. The predicted octanol–water partition coefficient (Wildman–Crippen LogP) is 4.34. The normalized spacial score (nSPS) is 21.0. The molecular weight excluding hydrogens is 330 g/mol.